The highest BCUT2D eigenvalue weighted by atomic mass is 32.1. The standard InChI is InChI=1S/C19H20N6OS/c26-18(17-13-14-5-4-8-16(14)27-17)23-9-11-24(12-10-23)19-20-21-22-25(19)15-6-2-1-3-7-15/h1-3,6-7,13H,4-5,8-12H2. The summed E-state index contributed by atoms with van der Waals surface area (Å²) in [5, 5.41) is 12.2. The van der Waals surface area contributed by atoms with Gasteiger partial charge in [0.1, 0.15) is 0 Å². The van der Waals surface area contributed by atoms with Gasteiger partial charge in [0.2, 0.25) is 5.95 Å². The molecule has 1 aliphatic carbocycles. The van der Waals surface area contributed by atoms with E-state index in [9.17, 15) is 4.79 Å². The second-order valence-electron chi connectivity index (χ2n) is 6.92. The molecule has 7 nitrogen and oxygen atoms in total. The number of carbonyl (C=O) groups is 1. The Morgan fingerprint density at radius 3 is 2.63 bits per heavy atom. The fraction of sp³-hybridized carbons (Fsp3) is 0.368. The van der Waals surface area contributed by atoms with E-state index in [1.807, 2.05) is 35.2 Å². The van der Waals surface area contributed by atoms with Gasteiger partial charge in [-0.2, -0.15) is 4.68 Å². The van der Waals surface area contributed by atoms with E-state index in [0.29, 0.717) is 13.1 Å². The monoisotopic (exact) mass is 380 g/mol. The highest BCUT2D eigenvalue weighted by Gasteiger charge is 2.27. The third-order valence-corrected chi connectivity index (χ3v) is 6.49. The molecule has 1 amide bonds. The van der Waals surface area contributed by atoms with Gasteiger partial charge in [-0.3, -0.25) is 4.79 Å². The van der Waals surface area contributed by atoms with Gasteiger partial charge in [-0.15, -0.1) is 11.3 Å². The van der Waals surface area contributed by atoms with E-state index in [1.54, 1.807) is 16.0 Å². The van der Waals surface area contributed by atoms with Crippen LogP contribution in [0.5, 0.6) is 0 Å². The molecule has 3 heterocycles. The summed E-state index contributed by atoms with van der Waals surface area (Å²) in [6.07, 6.45) is 3.47. The van der Waals surface area contributed by atoms with Crippen LogP contribution in [-0.2, 0) is 12.8 Å². The fourth-order valence-corrected chi connectivity index (χ4v) is 5.04. The summed E-state index contributed by atoms with van der Waals surface area (Å²) in [6, 6.07) is 12.0. The van der Waals surface area contributed by atoms with Gasteiger partial charge in [0.15, 0.2) is 0 Å². The summed E-state index contributed by atoms with van der Waals surface area (Å²) < 4.78 is 1.75. The zero-order valence-electron chi connectivity index (χ0n) is 14.9. The van der Waals surface area contributed by atoms with E-state index in [0.717, 1.165) is 42.4 Å². The van der Waals surface area contributed by atoms with Crippen molar-refractivity contribution in [2.75, 3.05) is 31.1 Å². The van der Waals surface area contributed by atoms with Crippen LogP contribution < -0.4 is 4.90 Å². The topological polar surface area (TPSA) is 67.2 Å². The SMILES string of the molecule is O=C(c1cc2c(s1)CCC2)N1CCN(c2nnnn2-c2ccccc2)CC1. The molecule has 5 rings (SSSR count). The molecule has 2 aromatic heterocycles. The molecule has 0 atom stereocenters. The number of amides is 1. The van der Waals surface area contributed by atoms with Crippen molar-refractivity contribution >= 4 is 23.2 Å². The van der Waals surface area contributed by atoms with Gasteiger partial charge in [-0.25, -0.2) is 0 Å². The third-order valence-electron chi connectivity index (χ3n) is 5.26. The number of tetrazole rings is 1. The van der Waals surface area contributed by atoms with Crippen LogP contribution in [-0.4, -0.2) is 57.2 Å². The Morgan fingerprint density at radius 1 is 1.04 bits per heavy atom. The van der Waals surface area contributed by atoms with Crippen LogP contribution in [0.1, 0.15) is 26.5 Å². The van der Waals surface area contributed by atoms with Crippen molar-refractivity contribution in [1.29, 1.82) is 0 Å². The molecule has 3 aromatic rings. The second kappa shape index (κ2) is 6.77. The molecule has 2 aliphatic rings. The first-order chi connectivity index (χ1) is 13.3. The molecule has 27 heavy (non-hydrogen) atoms. The number of rotatable bonds is 3. The molecular formula is C19H20N6OS. The quantitative estimate of drug-likeness (QED) is 0.697. The zero-order valence-corrected chi connectivity index (χ0v) is 15.7. The minimum absolute atomic E-state index is 0.164. The number of aryl methyl sites for hydroxylation is 2. The van der Waals surface area contributed by atoms with Crippen LogP contribution in [0.25, 0.3) is 5.69 Å². The molecule has 0 radical (unpaired) electrons. The molecule has 1 fully saturated rings. The Balaban J connectivity index is 1.28. The normalized spacial score (nSPS) is 16.6. The average Bonchev–Trinajstić information content (AvgIpc) is 3.44. The van der Waals surface area contributed by atoms with E-state index < -0.39 is 0 Å². The molecule has 1 aliphatic heterocycles. The molecule has 0 bridgehead atoms. The number of hydrogen-bond acceptors (Lipinski definition) is 6. The van der Waals surface area contributed by atoms with E-state index in [2.05, 4.69) is 26.5 Å². The van der Waals surface area contributed by atoms with E-state index in [4.69, 9.17) is 0 Å². The van der Waals surface area contributed by atoms with Gasteiger partial charge in [0, 0.05) is 31.1 Å². The smallest absolute Gasteiger partial charge is 0.264 e. The zero-order chi connectivity index (χ0) is 18.2. The van der Waals surface area contributed by atoms with Crippen molar-refractivity contribution < 1.29 is 4.79 Å². The molecule has 1 aromatic carbocycles. The fourth-order valence-electron chi connectivity index (χ4n) is 3.82. The predicted molar refractivity (Wildman–Crippen MR) is 104 cm³/mol. The molecule has 0 spiro atoms. The van der Waals surface area contributed by atoms with E-state index in [1.165, 1.54) is 16.9 Å². The first-order valence-electron chi connectivity index (χ1n) is 9.29. The molecule has 8 heteroatoms. The Bertz CT molecular complexity index is 936. The van der Waals surface area contributed by atoms with Crippen LogP contribution in [0.3, 0.4) is 0 Å². The van der Waals surface area contributed by atoms with Crippen molar-refractivity contribution in [2.45, 2.75) is 19.3 Å². The minimum atomic E-state index is 0.164. The van der Waals surface area contributed by atoms with Crippen LogP contribution in [0, 0.1) is 0 Å². The maximum absolute atomic E-state index is 12.9. The van der Waals surface area contributed by atoms with Gasteiger partial charge in [0.25, 0.3) is 5.91 Å². The second-order valence-corrected chi connectivity index (χ2v) is 8.05. The largest absolute Gasteiger partial charge is 0.336 e. The number of hydrogen-bond donors (Lipinski definition) is 0. The van der Waals surface area contributed by atoms with Gasteiger partial charge in [0.05, 0.1) is 10.6 Å². The lowest BCUT2D eigenvalue weighted by Gasteiger charge is -2.34. The first kappa shape index (κ1) is 16.4. The number of piperazine rings is 1. The number of thiophene rings is 1. The Labute approximate surface area is 161 Å². The number of nitrogens with zero attached hydrogens (tertiary/aromatic N) is 6. The molecule has 138 valence electrons. The van der Waals surface area contributed by atoms with Crippen molar-refractivity contribution in [3.8, 4) is 5.69 Å². The number of para-hydroxylation sites is 1. The number of fused-ring (bicyclic) bond motifs is 1. The lowest BCUT2D eigenvalue weighted by atomic mass is 10.2. The van der Waals surface area contributed by atoms with Gasteiger partial charge >= 0.3 is 0 Å². The van der Waals surface area contributed by atoms with Crippen LogP contribution in [0.15, 0.2) is 36.4 Å². The van der Waals surface area contributed by atoms with E-state index in [-0.39, 0.29) is 5.91 Å². The summed E-state index contributed by atoms with van der Waals surface area (Å²) in [5.41, 5.74) is 2.31. The third kappa shape index (κ3) is 2.99. The van der Waals surface area contributed by atoms with Gasteiger partial charge in [-0.1, -0.05) is 23.3 Å². The number of anilines is 1. The number of aromatic nitrogens is 4. The Kier molecular flexibility index (Phi) is 4.12. The van der Waals surface area contributed by atoms with Crippen molar-refractivity contribution in [3.05, 3.63) is 51.7 Å². The Hall–Kier alpha value is -2.74. The summed E-state index contributed by atoms with van der Waals surface area (Å²) in [7, 11) is 0. The molecular weight excluding hydrogens is 360 g/mol. The highest BCUT2D eigenvalue weighted by molar-refractivity contribution is 7.14. The van der Waals surface area contributed by atoms with Crippen LogP contribution in [0.2, 0.25) is 0 Å². The summed E-state index contributed by atoms with van der Waals surface area (Å²) in [5.74, 6) is 0.889. The van der Waals surface area contributed by atoms with Gasteiger partial charge < -0.3 is 9.80 Å². The summed E-state index contributed by atoms with van der Waals surface area (Å²) in [6.45, 7) is 2.82. The molecule has 0 unspecified atom stereocenters. The summed E-state index contributed by atoms with van der Waals surface area (Å²) in [4.78, 5) is 19.2. The van der Waals surface area contributed by atoms with Crippen LogP contribution >= 0.6 is 11.3 Å². The first-order valence-corrected chi connectivity index (χ1v) is 10.1. The van der Waals surface area contributed by atoms with Crippen molar-refractivity contribution in [1.82, 2.24) is 25.1 Å². The maximum Gasteiger partial charge on any atom is 0.264 e. The number of benzene rings is 1. The molecule has 1 saturated heterocycles. The van der Waals surface area contributed by atoms with Gasteiger partial charge in [-0.05, 0) is 53.5 Å². The van der Waals surface area contributed by atoms with Crippen molar-refractivity contribution in [3.63, 3.8) is 0 Å². The van der Waals surface area contributed by atoms with Crippen LogP contribution in [0.4, 0.5) is 5.95 Å². The maximum atomic E-state index is 12.9. The highest BCUT2D eigenvalue weighted by Crippen LogP contribution is 2.31. The lowest BCUT2D eigenvalue weighted by molar-refractivity contribution is 0.0751. The minimum Gasteiger partial charge on any atom is -0.336 e. The lowest BCUT2D eigenvalue weighted by Crippen LogP contribution is -2.49. The summed E-state index contributed by atoms with van der Waals surface area (Å²) >= 11 is 1.68. The van der Waals surface area contributed by atoms with E-state index >= 15 is 0 Å². The predicted octanol–water partition coefficient (Wildman–Crippen LogP) is 2.17. The number of carbonyl (C=O) groups excluding carboxylic acids is 1. The average molecular weight is 380 g/mol. The Morgan fingerprint density at radius 2 is 1.85 bits per heavy atom. The molecule has 0 N–H and O–H groups in total. The van der Waals surface area contributed by atoms with Crippen molar-refractivity contribution in [2.24, 2.45) is 0 Å². The molecule has 0 saturated carbocycles.